The third-order valence-corrected chi connectivity index (χ3v) is 9.71. The van der Waals surface area contributed by atoms with Gasteiger partial charge in [0.15, 0.2) is 18.1 Å². The number of ether oxygens (including phenoxy) is 1. The van der Waals surface area contributed by atoms with E-state index in [4.69, 9.17) is 8.92 Å². The first-order chi connectivity index (χ1) is 15.8. The van der Waals surface area contributed by atoms with Gasteiger partial charge < -0.3 is 14.0 Å². The van der Waals surface area contributed by atoms with E-state index in [1.807, 2.05) is 0 Å². The lowest BCUT2D eigenvalue weighted by molar-refractivity contribution is -0.153. The maximum absolute atomic E-state index is 12.9. The van der Waals surface area contributed by atoms with Crippen LogP contribution < -0.4 is 13.6 Å². The van der Waals surface area contributed by atoms with Crippen molar-refractivity contribution >= 4 is 16.2 Å². The zero-order valence-corrected chi connectivity index (χ0v) is 19.8. The summed E-state index contributed by atoms with van der Waals surface area (Å²) in [5.74, 6) is -0.702. The number of rotatable bonds is 5. The van der Waals surface area contributed by atoms with Crippen molar-refractivity contribution in [3.05, 3.63) is 23.3 Å². The molecular weight excluding hydrogens is 475 g/mol. The second kappa shape index (κ2) is 7.49. The lowest BCUT2D eigenvalue weighted by Crippen LogP contribution is -2.47. The molecule has 0 radical (unpaired) electrons. The average molecular weight is 504 g/mol. The topological polar surface area (TPSA) is 102 Å². The molecule has 6 atom stereocenters. The second-order valence-corrected chi connectivity index (χ2v) is 11.8. The Morgan fingerprint density at radius 3 is 2.68 bits per heavy atom. The fraction of sp³-hybridized carbons (Fsp3) is 0.696. The predicted molar refractivity (Wildman–Crippen MR) is 114 cm³/mol. The molecule has 188 valence electrons. The van der Waals surface area contributed by atoms with Crippen molar-refractivity contribution in [2.24, 2.45) is 22.7 Å². The van der Waals surface area contributed by atoms with E-state index in [0.717, 1.165) is 50.2 Å². The minimum atomic E-state index is -4.63. The molecule has 3 saturated carbocycles. The van der Waals surface area contributed by atoms with Crippen molar-refractivity contribution in [3.8, 4) is 11.5 Å². The van der Waals surface area contributed by atoms with Crippen molar-refractivity contribution < 1.29 is 40.4 Å². The first kappa shape index (κ1) is 23.7. The lowest BCUT2D eigenvalue weighted by Gasteiger charge is -2.52. The Kier molecular flexibility index (Phi) is 5.23. The number of hydrogen-bond donors (Lipinski definition) is 2. The van der Waals surface area contributed by atoms with Crippen molar-refractivity contribution in [2.75, 3.05) is 6.61 Å². The smallest absolute Gasteiger partial charge is 0.422 e. The summed E-state index contributed by atoms with van der Waals surface area (Å²) >= 11 is 0. The van der Waals surface area contributed by atoms with Gasteiger partial charge in [-0.1, -0.05) is 6.92 Å². The third kappa shape index (κ3) is 3.66. The van der Waals surface area contributed by atoms with Crippen LogP contribution in [-0.4, -0.2) is 38.3 Å². The number of aryl methyl sites for hydroxylation is 1. The maximum Gasteiger partial charge on any atom is 0.422 e. The molecule has 1 aromatic carbocycles. The Bertz CT molecular complexity index is 1140. The molecule has 0 unspecified atom stereocenters. The number of aliphatic hydroxyl groups excluding tert-OH is 1. The lowest BCUT2D eigenvalue weighted by atomic mass is 9.52. The molecule has 3 fully saturated rings. The first-order valence-corrected chi connectivity index (χ1v) is 12.9. The Labute approximate surface area is 196 Å². The number of carbonyl (C=O) groups excluding carboxylic acids is 1. The van der Waals surface area contributed by atoms with Crippen LogP contribution in [0.3, 0.4) is 0 Å². The van der Waals surface area contributed by atoms with Gasteiger partial charge in [-0.3, -0.25) is 4.79 Å². The van der Waals surface area contributed by atoms with E-state index in [0.29, 0.717) is 18.3 Å². The predicted octanol–water partition coefficient (Wildman–Crippen LogP) is 3.60. The van der Waals surface area contributed by atoms with Crippen LogP contribution in [0.2, 0.25) is 0 Å². The number of halogens is 3. The summed E-state index contributed by atoms with van der Waals surface area (Å²) in [6, 6.07) is 2.91. The summed E-state index contributed by atoms with van der Waals surface area (Å²) in [4.78, 5) is 11.2. The number of nitrogens with one attached hydrogen (secondary N) is 1. The maximum atomic E-state index is 12.9. The number of fused-ring (bicyclic) bond motifs is 3. The standard InChI is InChI=1S/C23H28F3NO6S/c1-12(28)27-34(30,31)33-19-7-13-3-4-17-15(16(13)9-18(19)32-11-23(24,25)26)5-6-21(2)20(29)8-14-10-22(14,17)21/h7,9,14-15,17,20,29H,3-6,8,10-11H2,1-2H3,(H,27,28)/t14-,15-,17-,20+,21-,22+/m1/s1. The second-order valence-electron chi connectivity index (χ2n) is 10.5. The molecule has 0 aromatic heterocycles. The van der Waals surface area contributed by atoms with Gasteiger partial charge in [0.2, 0.25) is 5.91 Å². The van der Waals surface area contributed by atoms with E-state index in [-0.39, 0.29) is 34.4 Å². The molecule has 1 spiro atoms. The zero-order chi connectivity index (χ0) is 24.7. The highest BCUT2D eigenvalue weighted by molar-refractivity contribution is 7.85. The number of carbonyl (C=O) groups is 1. The average Bonchev–Trinajstić information content (AvgIpc) is 3.36. The van der Waals surface area contributed by atoms with E-state index in [1.54, 1.807) is 4.72 Å². The largest absolute Gasteiger partial charge is 0.480 e. The van der Waals surface area contributed by atoms with Crippen molar-refractivity contribution in [1.29, 1.82) is 0 Å². The summed E-state index contributed by atoms with van der Waals surface area (Å²) in [6.45, 7) is 1.56. The van der Waals surface area contributed by atoms with Gasteiger partial charge in [-0.2, -0.15) is 21.6 Å². The molecule has 1 amide bonds. The molecule has 4 aliphatic carbocycles. The zero-order valence-electron chi connectivity index (χ0n) is 18.9. The molecule has 7 nitrogen and oxygen atoms in total. The van der Waals surface area contributed by atoms with Gasteiger partial charge in [-0.05, 0) is 90.4 Å². The molecule has 0 saturated heterocycles. The molecule has 0 heterocycles. The quantitative estimate of drug-likeness (QED) is 0.637. The minimum Gasteiger partial charge on any atom is -0.480 e. The number of hydrogen-bond acceptors (Lipinski definition) is 6. The van der Waals surface area contributed by atoms with Crippen molar-refractivity contribution in [1.82, 2.24) is 4.72 Å². The summed E-state index contributed by atoms with van der Waals surface area (Å²) in [6.07, 6.45) is 0.0325. The summed E-state index contributed by atoms with van der Waals surface area (Å²) < 4.78 is 74.6. The molecule has 0 bridgehead atoms. The number of amides is 1. The SMILES string of the molecule is CC(=O)NS(=O)(=O)Oc1cc2c(cc1OCC(F)(F)F)[C@H]1CC[C@]3(C)[C@@H](O)C[C@@H]4C[C@@]43[C@@H]1CC2. The Morgan fingerprint density at radius 2 is 2.00 bits per heavy atom. The number of aliphatic hydroxyl groups is 1. The normalized spacial score (nSPS) is 35.9. The molecule has 4 aliphatic rings. The highest BCUT2D eigenvalue weighted by atomic mass is 32.2. The summed E-state index contributed by atoms with van der Waals surface area (Å²) in [5, 5.41) is 10.7. The van der Waals surface area contributed by atoms with Gasteiger partial charge in [-0.25, -0.2) is 4.72 Å². The van der Waals surface area contributed by atoms with Crippen LogP contribution in [0.25, 0.3) is 0 Å². The fourth-order valence-corrected chi connectivity index (χ4v) is 8.21. The van der Waals surface area contributed by atoms with E-state index in [9.17, 15) is 31.5 Å². The molecular formula is C23H28F3NO6S. The summed E-state index contributed by atoms with van der Waals surface area (Å²) in [7, 11) is -4.58. The van der Waals surface area contributed by atoms with Crippen LogP contribution >= 0.6 is 0 Å². The summed E-state index contributed by atoms with van der Waals surface area (Å²) in [5.41, 5.74) is 1.59. The molecule has 34 heavy (non-hydrogen) atoms. The molecule has 0 aliphatic heterocycles. The molecule has 5 rings (SSSR count). The van der Waals surface area contributed by atoms with Crippen LogP contribution in [0, 0.1) is 22.7 Å². The Hall–Kier alpha value is -2.01. The van der Waals surface area contributed by atoms with Crippen LogP contribution in [0.1, 0.15) is 63.0 Å². The van der Waals surface area contributed by atoms with Crippen LogP contribution in [0.4, 0.5) is 13.2 Å². The minimum absolute atomic E-state index is 0.0595. The first-order valence-electron chi connectivity index (χ1n) is 11.5. The van der Waals surface area contributed by atoms with Gasteiger partial charge in [0.1, 0.15) is 0 Å². The van der Waals surface area contributed by atoms with Gasteiger partial charge >= 0.3 is 16.5 Å². The molecule has 1 aromatic rings. The molecule has 2 N–H and O–H groups in total. The van der Waals surface area contributed by atoms with Crippen molar-refractivity contribution in [2.45, 2.75) is 70.6 Å². The fourth-order valence-electron chi connectivity index (χ4n) is 7.45. The van der Waals surface area contributed by atoms with Gasteiger partial charge in [-0.15, -0.1) is 0 Å². The molecule has 11 heteroatoms. The van der Waals surface area contributed by atoms with Crippen LogP contribution in [0.15, 0.2) is 12.1 Å². The van der Waals surface area contributed by atoms with Crippen molar-refractivity contribution in [3.63, 3.8) is 0 Å². The highest BCUT2D eigenvalue weighted by Crippen LogP contribution is 2.81. The third-order valence-electron chi connectivity index (χ3n) is 8.77. The van der Waals surface area contributed by atoms with E-state index in [2.05, 4.69) is 6.92 Å². The number of alkyl halides is 3. The van der Waals surface area contributed by atoms with E-state index >= 15 is 0 Å². The van der Waals surface area contributed by atoms with Gasteiger partial charge in [0.25, 0.3) is 0 Å². The van der Waals surface area contributed by atoms with Crippen LogP contribution in [-0.2, 0) is 21.5 Å². The van der Waals surface area contributed by atoms with Crippen LogP contribution in [0.5, 0.6) is 11.5 Å². The van der Waals surface area contributed by atoms with Gasteiger partial charge in [0, 0.05) is 6.92 Å². The number of benzene rings is 1. The highest BCUT2D eigenvalue weighted by Gasteiger charge is 2.76. The Morgan fingerprint density at radius 1 is 1.26 bits per heavy atom. The van der Waals surface area contributed by atoms with E-state index in [1.165, 1.54) is 12.1 Å². The van der Waals surface area contributed by atoms with Gasteiger partial charge in [0.05, 0.1) is 6.10 Å². The van der Waals surface area contributed by atoms with E-state index < -0.39 is 29.0 Å². The Balaban J connectivity index is 1.51. The monoisotopic (exact) mass is 503 g/mol.